The molecule has 7 heteroatoms. The Morgan fingerprint density at radius 1 is 1.39 bits per heavy atom. The summed E-state index contributed by atoms with van der Waals surface area (Å²) in [7, 11) is 1.57. The van der Waals surface area contributed by atoms with E-state index in [2.05, 4.69) is 27.5 Å². The molecule has 0 aliphatic heterocycles. The van der Waals surface area contributed by atoms with Crippen LogP contribution in [0.5, 0.6) is 5.75 Å². The third kappa shape index (κ3) is 7.87. The number of aliphatic imine (C=N–C) groups is 1. The molecule has 0 saturated carbocycles. The molecule has 0 aliphatic carbocycles. The predicted octanol–water partition coefficient (Wildman–Crippen LogP) is 2.51. The number of ether oxygens (including phenoxy) is 1. The minimum atomic E-state index is -0.139. The van der Waals surface area contributed by atoms with Crippen LogP contribution in [0.1, 0.15) is 19.4 Å². The van der Waals surface area contributed by atoms with Crippen LogP contribution in [0.15, 0.2) is 35.8 Å². The van der Waals surface area contributed by atoms with Crippen molar-refractivity contribution >= 4 is 41.5 Å². The third-order valence-corrected chi connectivity index (χ3v) is 2.75. The van der Waals surface area contributed by atoms with Gasteiger partial charge in [0.25, 0.3) is 0 Å². The second-order valence-electron chi connectivity index (χ2n) is 4.58. The maximum atomic E-state index is 11.2. The first-order valence-electron chi connectivity index (χ1n) is 7.18. The molecule has 0 bridgehead atoms. The smallest absolute Gasteiger partial charge is 0.221 e. The van der Waals surface area contributed by atoms with Crippen molar-refractivity contribution in [3.8, 4) is 5.75 Å². The highest BCUT2D eigenvalue weighted by Gasteiger charge is 2.06. The lowest BCUT2D eigenvalue weighted by atomic mass is 10.2. The molecule has 0 aromatic heterocycles. The Kier molecular flexibility index (Phi) is 10.8. The molecular weight excluding hydrogens is 407 g/mol. The number of carbonyl (C=O) groups is 1. The summed E-state index contributed by atoms with van der Waals surface area (Å²) in [4.78, 5) is 15.7. The molecule has 6 nitrogen and oxygen atoms in total. The molecule has 1 aromatic carbocycles. The highest BCUT2D eigenvalue weighted by molar-refractivity contribution is 14.0. The van der Waals surface area contributed by atoms with Crippen LogP contribution in [0.2, 0.25) is 0 Å². The lowest BCUT2D eigenvalue weighted by Crippen LogP contribution is -2.37. The van der Waals surface area contributed by atoms with Crippen molar-refractivity contribution in [2.75, 3.05) is 25.5 Å². The SMILES string of the molecule is C=CCNC(=NCc1ccc(OC)c(NC(C)=O)c1)NCC.I. The zero-order chi connectivity index (χ0) is 16.4. The normalized spacial score (nSPS) is 10.3. The summed E-state index contributed by atoms with van der Waals surface area (Å²) in [6.45, 7) is 9.06. The zero-order valence-corrected chi connectivity index (χ0v) is 16.1. The molecule has 3 N–H and O–H groups in total. The highest BCUT2D eigenvalue weighted by atomic mass is 127. The number of halogens is 1. The second-order valence-corrected chi connectivity index (χ2v) is 4.58. The first-order chi connectivity index (χ1) is 10.6. The third-order valence-electron chi connectivity index (χ3n) is 2.75. The Labute approximate surface area is 154 Å². The number of carbonyl (C=O) groups excluding carboxylic acids is 1. The first kappa shape index (κ1) is 21.2. The second kappa shape index (κ2) is 11.8. The Balaban J connectivity index is 0.00000484. The van der Waals surface area contributed by atoms with Crippen molar-refractivity contribution in [2.24, 2.45) is 4.99 Å². The fourth-order valence-corrected chi connectivity index (χ4v) is 1.82. The maximum Gasteiger partial charge on any atom is 0.221 e. The fraction of sp³-hybridized carbons (Fsp3) is 0.375. The monoisotopic (exact) mass is 432 g/mol. The van der Waals surface area contributed by atoms with Crippen LogP contribution in [-0.4, -0.2) is 32.1 Å². The molecule has 128 valence electrons. The van der Waals surface area contributed by atoms with E-state index in [1.54, 1.807) is 13.2 Å². The summed E-state index contributed by atoms with van der Waals surface area (Å²) in [5.74, 6) is 1.21. The van der Waals surface area contributed by atoms with Gasteiger partial charge in [-0.25, -0.2) is 4.99 Å². The van der Waals surface area contributed by atoms with Crippen LogP contribution in [0.25, 0.3) is 0 Å². The molecule has 0 atom stereocenters. The van der Waals surface area contributed by atoms with E-state index >= 15 is 0 Å². The quantitative estimate of drug-likeness (QED) is 0.268. The summed E-state index contributed by atoms with van der Waals surface area (Å²) >= 11 is 0. The van der Waals surface area contributed by atoms with Crippen molar-refractivity contribution in [1.82, 2.24) is 10.6 Å². The number of hydrogen-bond donors (Lipinski definition) is 3. The van der Waals surface area contributed by atoms with Gasteiger partial charge in [-0.15, -0.1) is 30.6 Å². The molecule has 0 saturated heterocycles. The van der Waals surface area contributed by atoms with E-state index in [-0.39, 0.29) is 29.9 Å². The molecule has 23 heavy (non-hydrogen) atoms. The van der Waals surface area contributed by atoms with Gasteiger partial charge in [-0.05, 0) is 24.6 Å². The van der Waals surface area contributed by atoms with E-state index < -0.39 is 0 Å². The lowest BCUT2D eigenvalue weighted by Gasteiger charge is -2.12. The summed E-state index contributed by atoms with van der Waals surface area (Å²) < 4.78 is 5.23. The molecule has 0 fully saturated rings. The van der Waals surface area contributed by atoms with Crippen molar-refractivity contribution in [3.63, 3.8) is 0 Å². The van der Waals surface area contributed by atoms with Gasteiger partial charge in [-0.2, -0.15) is 0 Å². The number of benzene rings is 1. The van der Waals surface area contributed by atoms with E-state index in [1.807, 2.05) is 25.1 Å². The molecule has 1 aromatic rings. The number of nitrogens with zero attached hydrogens (tertiary/aromatic N) is 1. The van der Waals surface area contributed by atoms with Crippen molar-refractivity contribution in [3.05, 3.63) is 36.4 Å². The highest BCUT2D eigenvalue weighted by Crippen LogP contribution is 2.25. The van der Waals surface area contributed by atoms with Crippen LogP contribution < -0.4 is 20.7 Å². The molecule has 0 aliphatic rings. The summed E-state index contributed by atoms with van der Waals surface area (Å²) in [6.07, 6.45) is 1.77. The largest absolute Gasteiger partial charge is 0.495 e. The maximum absolute atomic E-state index is 11.2. The van der Waals surface area contributed by atoms with E-state index in [0.717, 1.165) is 18.1 Å². The summed E-state index contributed by atoms with van der Waals surface area (Å²) in [5, 5.41) is 9.04. The Morgan fingerprint density at radius 2 is 2.13 bits per heavy atom. The van der Waals surface area contributed by atoms with Crippen LogP contribution in [-0.2, 0) is 11.3 Å². The molecule has 0 heterocycles. The standard InChI is InChI=1S/C16H24N4O2.HI/c1-5-9-18-16(17-6-2)19-11-13-7-8-15(22-4)14(10-13)20-12(3)21;/h5,7-8,10H,1,6,9,11H2,2-4H3,(H,20,21)(H2,17,18,19);1H. The van der Waals surface area contributed by atoms with Gasteiger partial charge in [-0.1, -0.05) is 12.1 Å². The molecule has 0 spiro atoms. The number of methoxy groups -OCH3 is 1. The molecule has 1 amide bonds. The van der Waals surface area contributed by atoms with Crippen molar-refractivity contribution < 1.29 is 9.53 Å². The van der Waals surface area contributed by atoms with Crippen LogP contribution in [0.4, 0.5) is 5.69 Å². The molecular formula is C16H25IN4O2. The van der Waals surface area contributed by atoms with Gasteiger partial charge < -0.3 is 20.7 Å². The number of anilines is 1. The average molecular weight is 432 g/mol. The van der Waals surface area contributed by atoms with E-state index in [4.69, 9.17) is 4.74 Å². The minimum Gasteiger partial charge on any atom is -0.495 e. The minimum absolute atomic E-state index is 0. The Bertz CT molecular complexity index is 547. The number of hydrogen-bond acceptors (Lipinski definition) is 3. The Hall–Kier alpha value is -1.77. The summed E-state index contributed by atoms with van der Waals surface area (Å²) in [6, 6.07) is 5.60. The fourth-order valence-electron chi connectivity index (χ4n) is 1.82. The Morgan fingerprint density at radius 3 is 2.70 bits per heavy atom. The van der Waals surface area contributed by atoms with Crippen LogP contribution in [0, 0.1) is 0 Å². The number of amides is 1. The average Bonchev–Trinajstić information content (AvgIpc) is 2.49. The number of guanidine groups is 1. The van der Waals surface area contributed by atoms with E-state index in [9.17, 15) is 4.79 Å². The number of nitrogens with one attached hydrogen (secondary N) is 3. The molecule has 1 rings (SSSR count). The van der Waals surface area contributed by atoms with Gasteiger partial charge in [-0.3, -0.25) is 4.79 Å². The van der Waals surface area contributed by atoms with E-state index in [0.29, 0.717) is 24.5 Å². The van der Waals surface area contributed by atoms with Gasteiger partial charge in [0.2, 0.25) is 5.91 Å². The number of rotatable bonds is 7. The molecule has 0 unspecified atom stereocenters. The van der Waals surface area contributed by atoms with E-state index in [1.165, 1.54) is 6.92 Å². The topological polar surface area (TPSA) is 74.8 Å². The predicted molar refractivity (Wildman–Crippen MR) is 106 cm³/mol. The first-order valence-corrected chi connectivity index (χ1v) is 7.18. The van der Waals surface area contributed by atoms with Gasteiger partial charge >= 0.3 is 0 Å². The van der Waals surface area contributed by atoms with Gasteiger partial charge in [0.1, 0.15) is 5.75 Å². The van der Waals surface area contributed by atoms with Crippen LogP contribution in [0.3, 0.4) is 0 Å². The zero-order valence-electron chi connectivity index (χ0n) is 13.8. The summed E-state index contributed by atoms with van der Waals surface area (Å²) in [5.41, 5.74) is 1.62. The van der Waals surface area contributed by atoms with Gasteiger partial charge in [0, 0.05) is 20.0 Å². The van der Waals surface area contributed by atoms with Crippen molar-refractivity contribution in [1.29, 1.82) is 0 Å². The van der Waals surface area contributed by atoms with Gasteiger partial charge in [0.05, 0.1) is 19.3 Å². The van der Waals surface area contributed by atoms with Crippen molar-refractivity contribution in [2.45, 2.75) is 20.4 Å². The van der Waals surface area contributed by atoms with Crippen LogP contribution >= 0.6 is 24.0 Å². The lowest BCUT2D eigenvalue weighted by molar-refractivity contribution is -0.114. The van der Waals surface area contributed by atoms with Gasteiger partial charge in [0.15, 0.2) is 5.96 Å². The molecule has 0 radical (unpaired) electrons.